The molecule has 16 atom stereocenters. The number of ether oxygens (including phenoxy) is 2. The number of rotatable bonds is 17. The molecule has 0 saturated carbocycles. The largest absolute Gasteiger partial charge is 0.394 e. The third kappa shape index (κ3) is 15.3. The second-order valence-electron chi connectivity index (χ2n) is 9.76. The Balaban J connectivity index is 0. The molecule has 22 heteroatoms. The van der Waals surface area contributed by atoms with Crippen LogP contribution in [0.25, 0.3) is 0 Å². The molecule has 0 spiro atoms. The van der Waals surface area contributed by atoms with Gasteiger partial charge in [0.25, 0.3) is 0 Å². The predicted octanol–water partition coefficient (Wildman–Crippen LogP) is -12.3. The molecule has 1 heterocycles. The van der Waals surface area contributed by atoms with Gasteiger partial charge in [-0.1, -0.05) is 0 Å². The summed E-state index contributed by atoms with van der Waals surface area (Å²) >= 11 is 0. The van der Waals surface area contributed by atoms with Crippen LogP contribution in [0.2, 0.25) is 0 Å². The quantitative estimate of drug-likeness (QED) is 0.0678. The van der Waals surface area contributed by atoms with Crippen LogP contribution in [0.5, 0.6) is 0 Å². The molecule has 0 radical (unpaired) electrons. The molecule has 0 unspecified atom stereocenters. The summed E-state index contributed by atoms with van der Waals surface area (Å²) in [4.78, 5) is 0. The minimum Gasteiger partial charge on any atom is -0.394 e. The Morgan fingerprint density at radius 2 is 0.756 bits per heavy atom. The molecule has 0 bridgehead atoms. The van der Waals surface area contributed by atoms with E-state index >= 15 is 0 Å². The summed E-state index contributed by atoms with van der Waals surface area (Å²) < 4.78 is 10.1. The van der Waals surface area contributed by atoms with Crippen molar-refractivity contribution in [3.05, 3.63) is 0 Å². The van der Waals surface area contributed by atoms with Gasteiger partial charge in [0, 0.05) is 0 Å². The van der Waals surface area contributed by atoms with E-state index in [9.17, 15) is 30.6 Å². The lowest BCUT2D eigenvalue weighted by Crippen LogP contribution is -2.61. The lowest BCUT2D eigenvalue weighted by atomic mass is 9.98. The number of aliphatic hydroxyl groups is 20. The van der Waals surface area contributed by atoms with E-state index in [-0.39, 0.29) is 0 Å². The maximum atomic E-state index is 9.83. The Kier molecular flexibility index (Phi) is 25.0. The van der Waals surface area contributed by atoms with Crippen LogP contribution in [0.4, 0.5) is 0 Å². The van der Waals surface area contributed by atoms with Crippen LogP contribution in [-0.4, -0.2) is 246 Å². The topological polar surface area (TPSA) is 423 Å². The number of hydrogen-bond acceptors (Lipinski definition) is 22. The fourth-order valence-electron chi connectivity index (χ4n) is 3.31. The predicted molar refractivity (Wildman–Crippen MR) is 141 cm³/mol. The summed E-state index contributed by atoms with van der Waals surface area (Å²) in [5, 5.41) is 180. The molecule has 0 aliphatic carbocycles. The highest BCUT2D eigenvalue weighted by Gasteiger charge is 2.46. The second kappa shape index (κ2) is 24.3. The van der Waals surface area contributed by atoms with Gasteiger partial charge in [0.1, 0.15) is 91.6 Å². The standard InChI is InChI=1S/C12H24O11.C6H14O6.C5H12O5/c13-1-4(16)7(18)11(5(17)2-14)23-12-10(21)9(20)8(19)6(3-15)22-12;7-1-3(9)5(11)6(12)4(10)2-8;6-1-3(8)5(10)4(9)2-7/h4-21H,1-3H2;3-12H,1-2H2;3-10H,1-2H2/t4-,5+,6+,7+,8-,9-,10+,11+,12-;3-,4-,5-,6-;3-,4+,5+/m01./s1. The van der Waals surface area contributed by atoms with E-state index in [1.165, 1.54) is 0 Å². The highest BCUT2D eigenvalue weighted by Crippen LogP contribution is 2.25. The molecule has 1 rings (SSSR count). The summed E-state index contributed by atoms with van der Waals surface area (Å²) in [6, 6.07) is 0. The van der Waals surface area contributed by atoms with E-state index in [0.29, 0.717) is 0 Å². The van der Waals surface area contributed by atoms with Crippen LogP contribution in [0, 0.1) is 0 Å². The van der Waals surface area contributed by atoms with Crippen LogP contribution in [0.3, 0.4) is 0 Å². The van der Waals surface area contributed by atoms with Crippen molar-refractivity contribution in [2.24, 2.45) is 0 Å². The molecule has 0 amide bonds. The Labute approximate surface area is 256 Å². The van der Waals surface area contributed by atoms with Gasteiger partial charge in [0.2, 0.25) is 0 Å². The highest BCUT2D eigenvalue weighted by molar-refractivity contribution is 4.91. The van der Waals surface area contributed by atoms with E-state index in [2.05, 4.69) is 0 Å². The number of hydrogen-bond donors (Lipinski definition) is 20. The summed E-state index contributed by atoms with van der Waals surface area (Å²) in [7, 11) is 0. The van der Waals surface area contributed by atoms with Crippen LogP contribution in [-0.2, 0) is 9.47 Å². The minimum absolute atomic E-state index is 0.641. The summed E-state index contributed by atoms with van der Waals surface area (Å²) in [5.41, 5.74) is 0. The van der Waals surface area contributed by atoms with Crippen molar-refractivity contribution in [2.45, 2.75) is 97.8 Å². The van der Waals surface area contributed by atoms with E-state index < -0.39 is 144 Å². The average molecular weight is 679 g/mol. The monoisotopic (exact) mass is 678 g/mol. The average Bonchev–Trinajstić information content (AvgIpc) is 3.07. The summed E-state index contributed by atoms with van der Waals surface area (Å²) in [6.07, 6.45) is -25.8. The molecule has 0 aromatic heterocycles. The smallest absolute Gasteiger partial charge is 0.187 e. The zero-order valence-corrected chi connectivity index (χ0v) is 23.9. The first-order valence-corrected chi connectivity index (χ1v) is 13.4. The van der Waals surface area contributed by atoms with Crippen LogP contribution in [0.15, 0.2) is 0 Å². The highest BCUT2D eigenvalue weighted by atomic mass is 16.7. The molecule has 22 nitrogen and oxygen atoms in total. The second-order valence-corrected chi connectivity index (χ2v) is 9.76. The van der Waals surface area contributed by atoms with Crippen molar-refractivity contribution < 1.29 is 112 Å². The zero-order valence-electron chi connectivity index (χ0n) is 23.9. The van der Waals surface area contributed by atoms with E-state index in [1.807, 2.05) is 0 Å². The third-order valence-electron chi connectivity index (χ3n) is 6.30. The molecule has 45 heavy (non-hydrogen) atoms. The summed E-state index contributed by atoms with van der Waals surface area (Å²) in [6.45, 7) is -5.19. The molecule has 274 valence electrons. The molecule has 1 aliphatic heterocycles. The van der Waals surface area contributed by atoms with Gasteiger partial charge in [-0.15, -0.1) is 0 Å². The van der Waals surface area contributed by atoms with E-state index in [0.717, 1.165) is 0 Å². The zero-order chi connectivity index (χ0) is 35.6. The Hall–Kier alpha value is -0.880. The maximum Gasteiger partial charge on any atom is 0.187 e. The van der Waals surface area contributed by atoms with Crippen LogP contribution >= 0.6 is 0 Å². The van der Waals surface area contributed by atoms with Gasteiger partial charge in [0.15, 0.2) is 6.29 Å². The SMILES string of the molecule is OC[C@@H](O)[C@@H](O)[C@H](O)[C@H](O)CO.OC[C@@H](O)[C@@H](O[C@@H]1O[C@H](CO)[C@H](O)[C@H](O)[C@H]1O)[C@H](O)[C@@H](O)CO.OC[C@@H](O)[C@H](O)[C@@H](O)CO. The lowest BCUT2D eigenvalue weighted by Gasteiger charge is -2.42. The summed E-state index contributed by atoms with van der Waals surface area (Å²) in [5.74, 6) is 0. The van der Waals surface area contributed by atoms with Gasteiger partial charge >= 0.3 is 0 Å². The van der Waals surface area contributed by atoms with Crippen molar-refractivity contribution in [2.75, 3.05) is 46.2 Å². The van der Waals surface area contributed by atoms with Crippen molar-refractivity contribution >= 4 is 0 Å². The van der Waals surface area contributed by atoms with Crippen LogP contribution < -0.4 is 0 Å². The first kappa shape index (κ1) is 46.2. The Bertz CT molecular complexity index is 684. The lowest BCUT2D eigenvalue weighted by molar-refractivity contribution is -0.327. The number of aliphatic hydroxyl groups excluding tert-OH is 20. The molecule has 1 fully saturated rings. The van der Waals surface area contributed by atoms with Gasteiger partial charge < -0.3 is 112 Å². The fourth-order valence-corrected chi connectivity index (χ4v) is 3.31. The Morgan fingerprint density at radius 3 is 1.09 bits per heavy atom. The van der Waals surface area contributed by atoms with Gasteiger partial charge in [-0.3, -0.25) is 0 Å². The first-order valence-electron chi connectivity index (χ1n) is 13.4. The van der Waals surface area contributed by atoms with Gasteiger partial charge in [-0.2, -0.15) is 0 Å². The van der Waals surface area contributed by atoms with Crippen molar-refractivity contribution in [1.82, 2.24) is 0 Å². The molecule has 1 aliphatic rings. The maximum absolute atomic E-state index is 9.83. The minimum atomic E-state index is -1.85. The normalized spacial score (nSPS) is 29.2. The van der Waals surface area contributed by atoms with Gasteiger partial charge in [-0.25, -0.2) is 0 Å². The van der Waals surface area contributed by atoms with Gasteiger partial charge in [-0.05, 0) is 0 Å². The molecule has 1 saturated heterocycles. The molecule has 0 aromatic carbocycles. The fraction of sp³-hybridized carbons (Fsp3) is 1.00. The Morgan fingerprint density at radius 1 is 0.422 bits per heavy atom. The van der Waals surface area contributed by atoms with E-state index in [4.69, 9.17) is 81.0 Å². The molecule has 20 N–H and O–H groups in total. The molecule has 0 aromatic rings. The van der Waals surface area contributed by atoms with Crippen molar-refractivity contribution in [3.8, 4) is 0 Å². The van der Waals surface area contributed by atoms with Gasteiger partial charge in [0.05, 0.1) is 46.2 Å². The van der Waals surface area contributed by atoms with Crippen molar-refractivity contribution in [1.29, 1.82) is 0 Å². The van der Waals surface area contributed by atoms with Crippen LogP contribution in [0.1, 0.15) is 0 Å². The van der Waals surface area contributed by atoms with E-state index in [1.54, 1.807) is 0 Å². The molecular formula is C23H50O22. The third-order valence-corrected chi connectivity index (χ3v) is 6.30. The first-order chi connectivity index (χ1) is 20.9. The molecular weight excluding hydrogens is 628 g/mol. The van der Waals surface area contributed by atoms with Crippen molar-refractivity contribution in [3.63, 3.8) is 0 Å².